The minimum Gasteiger partial charge on any atom is -0.306 e. The van der Waals surface area contributed by atoms with Crippen LogP contribution in [-0.2, 0) is 16.6 Å². The minimum absolute atomic E-state index is 0.154. The van der Waals surface area contributed by atoms with Crippen molar-refractivity contribution in [1.82, 2.24) is 14.3 Å². The van der Waals surface area contributed by atoms with E-state index in [0.29, 0.717) is 0 Å². The Morgan fingerprint density at radius 3 is 2.73 bits per heavy atom. The number of imidazole rings is 1. The first-order valence-electron chi connectivity index (χ1n) is 6.71. The third kappa shape index (κ3) is 2.85. The van der Waals surface area contributed by atoms with E-state index in [0.717, 1.165) is 15.9 Å². The van der Waals surface area contributed by atoms with Gasteiger partial charge in [0.2, 0.25) is 10.0 Å². The van der Waals surface area contributed by atoms with Crippen LogP contribution in [0.1, 0.15) is 4.88 Å². The highest BCUT2D eigenvalue weighted by Gasteiger charge is 2.16. The Labute approximate surface area is 131 Å². The summed E-state index contributed by atoms with van der Waals surface area (Å²) in [4.78, 5) is 15.6. The summed E-state index contributed by atoms with van der Waals surface area (Å²) in [5.74, 6) is 0. The number of nitrogens with zero attached hydrogens (tertiary/aromatic N) is 1. The first-order chi connectivity index (χ1) is 10.5. The molecule has 3 aromatic rings. The summed E-state index contributed by atoms with van der Waals surface area (Å²) in [6, 6.07) is 10.7. The number of aromatic amines is 1. The summed E-state index contributed by atoms with van der Waals surface area (Å²) < 4.78 is 28.6. The summed E-state index contributed by atoms with van der Waals surface area (Å²) in [7, 11) is -3.52. The van der Waals surface area contributed by atoms with Gasteiger partial charge in [0.25, 0.3) is 0 Å². The van der Waals surface area contributed by atoms with Gasteiger partial charge in [0.05, 0.1) is 11.0 Å². The average Bonchev–Trinajstić information content (AvgIpc) is 3.04. The second-order valence-corrected chi connectivity index (χ2v) is 8.14. The van der Waals surface area contributed by atoms with Crippen molar-refractivity contribution < 1.29 is 8.42 Å². The molecule has 116 valence electrons. The van der Waals surface area contributed by atoms with E-state index in [2.05, 4.69) is 9.71 Å². The van der Waals surface area contributed by atoms with Crippen LogP contribution < -0.4 is 10.4 Å². The molecule has 1 aromatic carbocycles. The molecule has 8 heteroatoms. The zero-order chi connectivity index (χ0) is 15.7. The zero-order valence-corrected chi connectivity index (χ0v) is 13.5. The Bertz CT molecular complexity index is 967. The van der Waals surface area contributed by atoms with E-state index in [1.807, 2.05) is 31.2 Å². The van der Waals surface area contributed by atoms with Crippen LogP contribution in [0.15, 0.2) is 45.4 Å². The molecule has 2 N–H and O–H groups in total. The van der Waals surface area contributed by atoms with Crippen LogP contribution in [-0.4, -0.2) is 24.5 Å². The number of sulfonamides is 1. The van der Waals surface area contributed by atoms with E-state index >= 15 is 0 Å². The topological polar surface area (TPSA) is 84.0 Å². The third-order valence-electron chi connectivity index (χ3n) is 3.29. The van der Waals surface area contributed by atoms with E-state index < -0.39 is 10.0 Å². The molecule has 0 amide bonds. The van der Waals surface area contributed by atoms with E-state index in [4.69, 9.17) is 0 Å². The number of aromatic nitrogens is 2. The average molecular weight is 337 g/mol. The van der Waals surface area contributed by atoms with Crippen LogP contribution in [0.5, 0.6) is 0 Å². The lowest BCUT2D eigenvalue weighted by molar-refractivity contribution is 0.574. The maximum atomic E-state index is 12.1. The second kappa shape index (κ2) is 5.71. The Balaban J connectivity index is 1.75. The highest BCUT2D eigenvalue weighted by atomic mass is 32.2. The summed E-state index contributed by atoms with van der Waals surface area (Å²) in [6.07, 6.45) is 0. The fourth-order valence-corrected chi connectivity index (χ4v) is 4.60. The standard InChI is InChI=1S/C14H15N3O3S2/c1-10-6-7-13(21-10)22(19,20)15-8-9-17-12-5-3-2-4-11(12)16-14(17)18/h2-7,15H,8-9H2,1H3,(H,16,18). The van der Waals surface area contributed by atoms with Gasteiger partial charge in [-0.25, -0.2) is 17.9 Å². The molecule has 0 saturated heterocycles. The van der Waals surface area contributed by atoms with Crippen molar-refractivity contribution in [3.8, 4) is 0 Å². The number of hydrogen-bond acceptors (Lipinski definition) is 4. The number of H-pyrrole nitrogens is 1. The number of fused-ring (bicyclic) bond motifs is 1. The monoisotopic (exact) mass is 337 g/mol. The highest BCUT2D eigenvalue weighted by molar-refractivity contribution is 7.91. The molecule has 0 bridgehead atoms. The van der Waals surface area contributed by atoms with Crippen molar-refractivity contribution in [2.75, 3.05) is 6.54 Å². The van der Waals surface area contributed by atoms with Crippen molar-refractivity contribution in [3.63, 3.8) is 0 Å². The molecule has 0 atom stereocenters. The first-order valence-corrected chi connectivity index (χ1v) is 9.01. The minimum atomic E-state index is -3.52. The Kier molecular flexibility index (Phi) is 3.90. The fraction of sp³-hybridized carbons (Fsp3) is 0.214. The lowest BCUT2D eigenvalue weighted by atomic mass is 10.3. The Morgan fingerprint density at radius 2 is 2.00 bits per heavy atom. The SMILES string of the molecule is Cc1ccc(S(=O)(=O)NCCn2c(=O)[nH]c3ccccc32)s1. The van der Waals surface area contributed by atoms with Crippen molar-refractivity contribution in [3.05, 3.63) is 51.8 Å². The molecule has 22 heavy (non-hydrogen) atoms. The van der Waals surface area contributed by atoms with Gasteiger partial charge in [0.15, 0.2) is 0 Å². The Hall–Kier alpha value is -1.90. The molecule has 2 aromatic heterocycles. The van der Waals surface area contributed by atoms with Gasteiger partial charge >= 0.3 is 5.69 Å². The maximum Gasteiger partial charge on any atom is 0.326 e. The van der Waals surface area contributed by atoms with E-state index in [1.165, 1.54) is 15.9 Å². The number of para-hydroxylation sites is 2. The molecule has 3 rings (SSSR count). The van der Waals surface area contributed by atoms with Gasteiger partial charge < -0.3 is 4.98 Å². The molecule has 0 aliphatic carbocycles. The van der Waals surface area contributed by atoms with Gasteiger partial charge in [-0.1, -0.05) is 12.1 Å². The molecule has 0 spiro atoms. The van der Waals surface area contributed by atoms with Gasteiger partial charge in [0, 0.05) is 18.0 Å². The molecule has 0 fully saturated rings. The number of aryl methyl sites for hydroxylation is 1. The summed E-state index contributed by atoms with van der Waals surface area (Å²) >= 11 is 1.22. The van der Waals surface area contributed by atoms with Crippen LogP contribution in [0.2, 0.25) is 0 Å². The number of hydrogen-bond donors (Lipinski definition) is 2. The van der Waals surface area contributed by atoms with Gasteiger partial charge in [-0.2, -0.15) is 0 Å². The zero-order valence-electron chi connectivity index (χ0n) is 11.9. The molecular formula is C14H15N3O3S2. The van der Waals surface area contributed by atoms with E-state index in [1.54, 1.807) is 12.1 Å². The fourth-order valence-electron chi connectivity index (χ4n) is 2.25. The number of thiophene rings is 1. The molecule has 0 radical (unpaired) electrons. The van der Waals surface area contributed by atoms with Crippen LogP contribution in [0.25, 0.3) is 11.0 Å². The largest absolute Gasteiger partial charge is 0.326 e. The lowest BCUT2D eigenvalue weighted by Crippen LogP contribution is -2.29. The van der Waals surface area contributed by atoms with Crippen LogP contribution in [0, 0.1) is 6.92 Å². The maximum absolute atomic E-state index is 12.1. The van der Waals surface area contributed by atoms with Gasteiger partial charge in [0.1, 0.15) is 4.21 Å². The highest BCUT2D eigenvalue weighted by Crippen LogP contribution is 2.20. The summed E-state index contributed by atoms with van der Waals surface area (Å²) in [5, 5.41) is 0. The number of rotatable bonds is 5. The van der Waals surface area contributed by atoms with Crippen LogP contribution >= 0.6 is 11.3 Å². The van der Waals surface area contributed by atoms with E-state index in [-0.39, 0.29) is 23.0 Å². The van der Waals surface area contributed by atoms with Crippen molar-refractivity contribution in [1.29, 1.82) is 0 Å². The molecule has 2 heterocycles. The van der Waals surface area contributed by atoms with Crippen molar-refractivity contribution in [2.24, 2.45) is 0 Å². The second-order valence-electron chi connectivity index (χ2n) is 4.86. The first kappa shape index (κ1) is 15.0. The molecule has 6 nitrogen and oxygen atoms in total. The predicted octanol–water partition coefficient (Wildman–Crippen LogP) is 1.68. The predicted molar refractivity (Wildman–Crippen MR) is 86.8 cm³/mol. The van der Waals surface area contributed by atoms with Gasteiger partial charge in [-0.15, -0.1) is 11.3 Å². The van der Waals surface area contributed by atoms with Gasteiger partial charge in [-0.05, 0) is 31.2 Å². The number of benzene rings is 1. The number of nitrogens with one attached hydrogen (secondary N) is 2. The molecule has 0 saturated carbocycles. The summed E-state index contributed by atoms with van der Waals surface area (Å²) in [5.41, 5.74) is 1.26. The summed E-state index contributed by atoms with van der Waals surface area (Å²) in [6.45, 7) is 2.28. The lowest BCUT2D eigenvalue weighted by Gasteiger charge is -2.06. The van der Waals surface area contributed by atoms with Gasteiger partial charge in [-0.3, -0.25) is 4.57 Å². The Morgan fingerprint density at radius 1 is 1.23 bits per heavy atom. The van der Waals surface area contributed by atoms with E-state index in [9.17, 15) is 13.2 Å². The van der Waals surface area contributed by atoms with Crippen molar-refractivity contribution >= 4 is 32.4 Å². The van der Waals surface area contributed by atoms with Crippen LogP contribution in [0.4, 0.5) is 0 Å². The normalized spacial score (nSPS) is 12.0. The molecule has 0 aliphatic heterocycles. The third-order valence-corrected chi connectivity index (χ3v) is 6.24. The van der Waals surface area contributed by atoms with Crippen LogP contribution in [0.3, 0.4) is 0 Å². The quantitative estimate of drug-likeness (QED) is 0.743. The van der Waals surface area contributed by atoms with Crippen molar-refractivity contribution in [2.45, 2.75) is 17.7 Å². The molecule has 0 unspecified atom stereocenters. The smallest absolute Gasteiger partial charge is 0.306 e. The molecular weight excluding hydrogens is 322 g/mol. The molecule has 0 aliphatic rings.